The molecule has 6 heteroatoms. The van der Waals surface area contributed by atoms with Gasteiger partial charge < -0.3 is 21.0 Å². The van der Waals surface area contributed by atoms with Crippen LogP contribution in [0.1, 0.15) is 6.92 Å². The first-order valence-electron chi connectivity index (χ1n) is 3.41. The number of nitrogens with one attached hydrogen (secondary N) is 1. The van der Waals surface area contributed by atoms with Crippen molar-refractivity contribution in [3.8, 4) is 0 Å². The van der Waals surface area contributed by atoms with Crippen LogP contribution in [0.3, 0.4) is 0 Å². The second-order valence-electron chi connectivity index (χ2n) is 2.30. The summed E-state index contributed by atoms with van der Waals surface area (Å²) >= 11 is 0. The second kappa shape index (κ2) is 5.22. The molecule has 12 heavy (non-hydrogen) atoms. The van der Waals surface area contributed by atoms with E-state index in [0.717, 1.165) is 0 Å². The van der Waals surface area contributed by atoms with Gasteiger partial charge in [0.2, 0.25) is 0 Å². The third kappa shape index (κ3) is 3.65. The van der Waals surface area contributed by atoms with E-state index in [1.54, 1.807) is 6.92 Å². The average molecular weight is 175 g/mol. The number of carbonyl (C=O) groups is 1. The van der Waals surface area contributed by atoms with Crippen LogP contribution in [-0.4, -0.2) is 30.8 Å². The molecule has 0 aliphatic heterocycles. The van der Waals surface area contributed by atoms with E-state index in [-0.39, 0.29) is 18.3 Å². The van der Waals surface area contributed by atoms with Crippen molar-refractivity contribution in [1.29, 1.82) is 0 Å². The predicted molar refractivity (Wildman–Crippen MR) is 43.0 cm³/mol. The minimum absolute atomic E-state index is 0.0754. The third-order valence-corrected chi connectivity index (χ3v) is 1.36. The Balaban J connectivity index is 3.71. The highest BCUT2D eigenvalue weighted by Crippen LogP contribution is 1.91. The van der Waals surface area contributed by atoms with Crippen molar-refractivity contribution < 1.29 is 14.7 Å². The number of nitrogens with two attached hydrogens (primary N) is 1. The van der Waals surface area contributed by atoms with E-state index in [0.29, 0.717) is 0 Å². The van der Waals surface area contributed by atoms with Gasteiger partial charge in [0.15, 0.2) is 0 Å². The Hall–Kier alpha value is -1.46. The van der Waals surface area contributed by atoms with Crippen LogP contribution in [0.2, 0.25) is 0 Å². The fraction of sp³-hybridized carbons (Fsp3) is 0.667. The van der Waals surface area contributed by atoms with Gasteiger partial charge in [0.1, 0.15) is 5.84 Å². The van der Waals surface area contributed by atoms with Crippen LogP contribution in [0.5, 0.6) is 0 Å². The molecule has 0 saturated heterocycles. The smallest absolute Gasteiger partial charge is 0.406 e. The molecule has 1 unspecified atom stereocenters. The van der Waals surface area contributed by atoms with Crippen molar-refractivity contribution >= 4 is 11.9 Å². The minimum atomic E-state index is -0.535. The van der Waals surface area contributed by atoms with E-state index in [9.17, 15) is 4.79 Å². The lowest BCUT2D eigenvalue weighted by atomic mass is 10.1. The number of amidine groups is 1. The van der Waals surface area contributed by atoms with Crippen LogP contribution in [0.15, 0.2) is 5.16 Å². The summed E-state index contributed by atoms with van der Waals surface area (Å²) in [5, 5.41) is 13.5. The van der Waals surface area contributed by atoms with Gasteiger partial charge >= 0.3 is 6.09 Å². The standard InChI is InChI=1S/C6H13N3O3/c1-4(5(7)9-11)3-8-6(10)12-2/h4,11H,3H2,1-2H3,(H2,7,9)(H,8,10). The number of methoxy groups -OCH3 is 1. The van der Waals surface area contributed by atoms with Gasteiger partial charge in [-0.2, -0.15) is 0 Å². The van der Waals surface area contributed by atoms with Gasteiger partial charge in [-0.05, 0) is 0 Å². The van der Waals surface area contributed by atoms with Crippen molar-refractivity contribution in [2.45, 2.75) is 6.92 Å². The molecular weight excluding hydrogens is 162 g/mol. The normalized spacial score (nSPS) is 13.7. The maximum absolute atomic E-state index is 10.6. The number of alkyl carbamates (subject to hydrolysis) is 1. The molecule has 0 aliphatic carbocycles. The van der Waals surface area contributed by atoms with Crippen LogP contribution in [0.25, 0.3) is 0 Å². The fourth-order valence-electron chi connectivity index (χ4n) is 0.512. The quantitative estimate of drug-likeness (QED) is 0.238. The molecule has 0 heterocycles. The number of rotatable bonds is 3. The fourth-order valence-corrected chi connectivity index (χ4v) is 0.512. The number of ether oxygens (including phenoxy) is 1. The van der Waals surface area contributed by atoms with E-state index < -0.39 is 6.09 Å². The lowest BCUT2D eigenvalue weighted by Gasteiger charge is -2.09. The molecule has 6 nitrogen and oxygen atoms in total. The molecule has 0 fully saturated rings. The van der Waals surface area contributed by atoms with Gasteiger partial charge in [0.25, 0.3) is 0 Å². The first-order chi connectivity index (χ1) is 5.61. The molecule has 0 spiro atoms. The highest BCUT2D eigenvalue weighted by molar-refractivity contribution is 5.82. The van der Waals surface area contributed by atoms with Crippen LogP contribution < -0.4 is 11.1 Å². The van der Waals surface area contributed by atoms with Crippen LogP contribution in [-0.2, 0) is 4.74 Å². The molecule has 0 bridgehead atoms. The van der Waals surface area contributed by atoms with Gasteiger partial charge in [-0.3, -0.25) is 0 Å². The zero-order valence-corrected chi connectivity index (χ0v) is 7.07. The largest absolute Gasteiger partial charge is 0.453 e. The minimum Gasteiger partial charge on any atom is -0.453 e. The number of oxime groups is 1. The first-order valence-corrected chi connectivity index (χ1v) is 3.41. The van der Waals surface area contributed by atoms with Gasteiger partial charge in [-0.15, -0.1) is 0 Å². The summed E-state index contributed by atoms with van der Waals surface area (Å²) in [5.41, 5.74) is 5.25. The molecule has 4 N–H and O–H groups in total. The lowest BCUT2D eigenvalue weighted by Crippen LogP contribution is -2.34. The van der Waals surface area contributed by atoms with Crippen molar-refractivity contribution in [2.24, 2.45) is 16.8 Å². The van der Waals surface area contributed by atoms with Gasteiger partial charge in [0, 0.05) is 12.5 Å². The molecular formula is C6H13N3O3. The number of amides is 1. The number of hydrogen-bond donors (Lipinski definition) is 3. The van der Waals surface area contributed by atoms with E-state index in [1.807, 2.05) is 0 Å². The summed E-state index contributed by atoms with van der Waals surface area (Å²) in [6.07, 6.45) is -0.535. The highest BCUT2D eigenvalue weighted by atomic mass is 16.5. The topological polar surface area (TPSA) is 96.9 Å². The molecule has 0 aromatic heterocycles. The van der Waals surface area contributed by atoms with Crippen LogP contribution in [0.4, 0.5) is 4.79 Å². The van der Waals surface area contributed by atoms with Crippen molar-refractivity contribution in [3.05, 3.63) is 0 Å². The summed E-state index contributed by atoms with van der Waals surface area (Å²) in [7, 11) is 1.27. The maximum atomic E-state index is 10.6. The Labute approximate surface area is 70.4 Å². The van der Waals surface area contributed by atoms with Crippen LogP contribution in [0, 0.1) is 5.92 Å². The van der Waals surface area contributed by atoms with Crippen molar-refractivity contribution in [1.82, 2.24) is 5.32 Å². The van der Waals surface area contributed by atoms with Gasteiger partial charge in [-0.1, -0.05) is 12.1 Å². The first kappa shape index (κ1) is 10.5. The average Bonchev–Trinajstić information content (AvgIpc) is 2.11. The summed E-state index contributed by atoms with van der Waals surface area (Å²) in [5.74, 6) is -0.138. The third-order valence-electron chi connectivity index (χ3n) is 1.36. The Kier molecular flexibility index (Phi) is 4.59. The lowest BCUT2D eigenvalue weighted by molar-refractivity contribution is 0.170. The number of carbonyl (C=O) groups excluding carboxylic acids is 1. The summed E-state index contributed by atoms with van der Waals surface area (Å²) in [6, 6.07) is 0. The number of nitrogens with zero attached hydrogens (tertiary/aromatic N) is 1. The Bertz CT molecular complexity index is 181. The molecule has 1 amide bonds. The van der Waals surface area contributed by atoms with Crippen molar-refractivity contribution in [2.75, 3.05) is 13.7 Å². The van der Waals surface area contributed by atoms with Crippen molar-refractivity contribution in [3.63, 3.8) is 0 Å². The molecule has 1 atom stereocenters. The molecule has 0 aliphatic rings. The van der Waals surface area contributed by atoms with E-state index >= 15 is 0 Å². The Morgan fingerprint density at radius 2 is 2.42 bits per heavy atom. The van der Waals surface area contributed by atoms with Gasteiger partial charge in [0.05, 0.1) is 7.11 Å². The summed E-state index contributed by atoms with van der Waals surface area (Å²) in [4.78, 5) is 10.6. The molecule has 0 aromatic carbocycles. The number of hydrogen-bond acceptors (Lipinski definition) is 4. The molecule has 70 valence electrons. The molecule has 0 radical (unpaired) electrons. The Morgan fingerprint density at radius 3 is 2.83 bits per heavy atom. The molecule has 0 aromatic rings. The second-order valence-corrected chi connectivity index (χ2v) is 2.30. The van der Waals surface area contributed by atoms with E-state index in [4.69, 9.17) is 10.9 Å². The monoisotopic (exact) mass is 175 g/mol. The summed E-state index contributed by atoms with van der Waals surface area (Å²) in [6.45, 7) is 1.99. The zero-order valence-electron chi connectivity index (χ0n) is 7.07. The maximum Gasteiger partial charge on any atom is 0.406 e. The SMILES string of the molecule is COC(=O)NCC(C)C(N)=NO. The highest BCUT2D eigenvalue weighted by Gasteiger charge is 2.08. The zero-order chi connectivity index (χ0) is 9.56. The Morgan fingerprint density at radius 1 is 1.83 bits per heavy atom. The van der Waals surface area contributed by atoms with Gasteiger partial charge in [-0.25, -0.2) is 4.79 Å². The van der Waals surface area contributed by atoms with E-state index in [1.165, 1.54) is 7.11 Å². The molecule has 0 saturated carbocycles. The predicted octanol–water partition coefficient (Wildman–Crippen LogP) is -0.275. The summed E-state index contributed by atoms with van der Waals surface area (Å²) < 4.78 is 4.32. The van der Waals surface area contributed by atoms with Crippen LogP contribution >= 0.6 is 0 Å². The van der Waals surface area contributed by atoms with E-state index in [2.05, 4.69) is 15.2 Å². The molecule has 0 rings (SSSR count).